The topological polar surface area (TPSA) is 6.48 Å². The van der Waals surface area contributed by atoms with Crippen molar-refractivity contribution < 1.29 is 0 Å². The van der Waals surface area contributed by atoms with Crippen LogP contribution in [0.15, 0.2) is 0 Å². The summed E-state index contributed by atoms with van der Waals surface area (Å²) in [6.07, 6.45) is 6.55. The van der Waals surface area contributed by atoms with E-state index < -0.39 is 0 Å². The molecule has 0 rings (SSSR count). The predicted octanol–water partition coefficient (Wildman–Crippen LogP) is 6.22. The van der Waals surface area contributed by atoms with Crippen LogP contribution in [-0.4, -0.2) is 36.7 Å². The fraction of sp³-hybridized carbons (Fsp3) is 1.00. The molecule has 0 saturated heterocycles. The van der Waals surface area contributed by atoms with E-state index in [0.29, 0.717) is 0 Å². The summed E-state index contributed by atoms with van der Waals surface area (Å²) < 4.78 is 0. The molecule has 0 amide bonds. The lowest BCUT2D eigenvalue weighted by Gasteiger charge is -2.30. The van der Waals surface area contributed by atoms with Crippen molar-refractivity contribution in [1.82, 2.24) is 10.0 Å². The van der Waals surface area contributed by atoms with E-state index in [9.17, 15) is 0 Å². The minimum atomic E-state index is 1.13. The van der Waals surface area contributed by atoms with Gasteiger partial charge in [0.1, 0.15) is 0 Å². The average molecular weight is 291 g/mol. The van der Waals surface area contributed by atoms with Crippen molar-refractivity contribution in [3.8, 4) is 0 Å². The van der Waals surface area contributed by atoms with Crippen LogP contribution in [0, 0.1) is 0 Å². The van der Waals surface area contributed by atoms with Crippen molar-refractivity contribution in [2.45, 2.75) is 94.4 Å². The Morgan fingerprint density at radius 2 is 1.00 bits per heavy atom. The molecule has 0 unspecified atom stereocenters. The van der Waals surface area contributed by atoms with Gasteiger partial charge in [-0.3, -0.25) is 0 Å². The van der Waals surface area contributed by atoms with Gasteiger partial charge in [0.2, 0.25) is 0 Å². The number of hydrogen-bond acceptors (Lipinski definition) is 2. The smallest absolute Gasteiger partial charge is 0.0130 e. The minimum Gasteiger partial charge on any atom is -0.245 e. The van der Waals surface area contributed by atoms with E-state index in [0.717, 1.165) is 6.54 Å². The van der Waals surface area contributed by atoms with Gasteiger partial charge in [-0.15, -0.1) is 0 Å². The molecule has 0 atom stereocenters. The van der Waals surface area contributed by atoms with E-state index >= 15 is 0 Å². The first kappa shape index (κ1) is 28.1. The van der Waals surface area contributed by atoms with Crippen molar-refractivity contribution in [3.05, 3.63) is 0 Å². The van der Waals surface area contributed by atoms with Gasteiger partial charge in [0.05, 0.1) is 0 Å². The third-order valence-corrected chi connectivity index (χ3v) is 2.58. The highest BCUT2D eigenvalue weighted by Gasteiger charge is 2.05. The lowest BCUT2D eigenvalue weighted by Crippen LogP contribution is -2.40. The van der Waals surface area contributed by atoms with Crippen molar-refractivity contribution >= 4 is 0 Å². The number of hydrazine groups is 1. The molecule has 0 spiro atoms. The van der Waals surface area contributed by atoms with Crippen molar-refractivity contribution in [2.75, 3.05) is 26.7 Å². The molecule has 0 aromatic heterocycles. The maximum absolute atomic E-state index is 2.39. The summed E-state index contributed by atoms with van der Waals surface area (Å²) in [6.45, 7) is 22.6. The highest BCUT2D eigenvalue weighted by Crippen LogP contribution is 1.96. The number of hydrogen-bond donors (Lipinski definition) is 0. The molecule has 0 radical (unpaired) electrons. The van der Waals surface area contributed by atoms with Crippen LogP contribution in [-0.2, 0) is 0 Å². The molecule has 128 valence electrons. The maximum Gasteiger partial charge on any atom is 0.0130 e. The second-order valence-corrected chi connectivity index (χ2v) is 4.28. The normalized spacial score (nSPS) is 9.00. The van der Waals surface area contributed by atoms with Crippen LogP contribution in [0.3, 0.4) is 0 Å². The monoisotopic (exact) mass is 290 g/mol. The summed E-state index contributed by atoms with van der Waals surface area (Å²) in [4.78, 5) is 0. The number of unbranched alkanes of at least 4 members (excludes halogenated alkanes) is 2. The minimum absolute atomic E-state index is 1.13. The molecule has 0 N–H and O–H groups in total. The summed E-state index contributed by atoms with van der Waals surface area (Å²) in [5.74, 6) is 0. The standard InChI is InChI=1S/C9H22N2.C5H12.2C2H6/c1-5-8-10(4)11(7-3)9-6-2;1-3-5-4-2;2*1-2/h5-9H2,1-4H3;3-5H2,1-2H3;2*1-2H3. The second-order valence-electron chi connectivity index (χ2n) is 4.28. The van der Waals surface area contributed by atoms with Gasteiger partial charge in [0.15, 0.2) is 0 Å². The Morgan fingerprint density at radius 1 is 0.600 bits per heavy atom. The third kappa shape index (κ3) is 26.5. The van der Waals surface area contributed by atoms with E-state index in [2.05, 4.69) is 51.7 Å². The Hall–Kier alpha value is -0.0800. The Bertz CT molecular complexity index is 114. The Labute approximate surface area is 131 Å². The first-order valence-electron chi connectivity index (χ1n) is 9.13. The lowest BCUT2D eigenvalue weighted by molar-refractivity contribution is 0.00491. The Kier molecular flexibility index (Phi) is 44.1. The van der Waals surface area contributed by atoms with Gasteiger partial charge in [-0.1, -0.05) is 81.6 Å². The second kappa shape index (κ2) is 31.4. The molecule has 0 saturated carbocycles. The molecule has 0 aromatic carbocycles. The molecular weight excluding hydrogens is 244 g/mol. The van der Waals surface area contributed by atoms with E-state index in [1.807, 2.05) is 27.7 Å². The van der Waals surface area contributed by atoms with Gasteiger partial charge < -0.3 is 0 Å². The SMILES string of the molecule is CC.CC.CCCCC.CCCN(C)N(CC)CCC. The molecular formula is C18H46N2. The Morgan fingerprint density at radius 3 is 1.20 bits per heavy atom. The van der Waals surface area contributed by atoms with Gasteiger partial charge in [-0.2, -0.15) is 0 Å². The van der Waals surface area contributed by atoms with E-state index in [1.165, 1.54) is 45.2 Å². The molecule has 0 bridgehead atoms. The summed E-state index contributed by atoms with van der Waals surface area (Å²) in [6, 6.07) is 0. The molecule has 20 heavy (non-hydrogen) atoms. The van der Waals surface area contributed by atoms with Crippen LogP contribution in [0.1, 0.15) is 94.4 Å². The van der Waals surface area contributed by atoms with Crippen LogP contribution in [0.2, 0.25) is 0 Å². The van der Waals surface area contributed by atoms with Crippen molar-refractivity contribution in [3.63, 3.8) is 0 Å². The summed E-state index contributed by atoms with van der Waals surface area (Å²) in [7, 11) is 2.17. The summed E-state index contributed by atoms with van der Waals surface area (Å²) in [5.41, 5.74) is 0. The predicted molar refractivity (Wildman–Crippen MR) is 98.4 cm³/mol. The zero-order valence-electron chi connectivity index (χ0n) is 16.6. The molecule has 2 heteroatoms. The van der Waals surface area contributed by atoms with E-state index in [-0.39, 0.29) is 0 Å². The van der Waals surface area contributed by atoms with E-state index in [4.69, 9.17) is 0 Å². The van der Waals surface area contributed by atoms with E-state index in [1.54, 1.807) is 0 Å². The highest BCUT2D eigenvalue weighted by molar-refractivity contribution is 4.49. The largest absolute Gasteiger partial charge is 0.245 e. The number of rotatable bonds is 8. The zero-order chi connectivity index (χ0) is 16.8. The van der Waals surface area contributed by atoms with Crippen LogP contribution in [0.25, 0.3) is 0 Å². The first-order chi connectivity index (χ1) is 9.67. The van der Waals surface area contributed by atoms with Gasteiger partial charge in [0.25, 0.3) is 0 Å². The van der Waals surface area contributed by atoms with Crippen molar-refractivity contribution in [2.24, 2.45) is 0 Å². The molecule has 0 fully saturated rings. The first-order valence-corrected chi connectivity index (χ1v) is 9.13. The average Bonchev–Trinajstić information content (AvgIpc) is 2.50. The fourth-order valence-corrected chi connectivity index (χ4v) is 1.65. The van der Waals surface area contributed by atoms with Gasteiger partial charge in [-0.25, -0.2) is 10.0 Å². The molecule has 0 heterocycles. The lowest BCUT2D eigenvalue weighted by atomic mass is 10.3. The van der Waals surface area contributed by atoms with Gasteiger partial charge in [-0.05, 0) is 12.8 Å². The number of nitrogens with zero attached hydrogens (tertiary/aromatic N) is 2. The van der Waals surface area contributed by atoms with Crippen LogP contribution >= 0.6 is 0 Å². The molecule has 0 aliphatic rings. The third-order valence-electron chi connectivity index (χ3n) is 2.58. The summed E-state index contributed by atoms with van der Waals surface area (Å²) in [5, 5.41) is 4.72. The van der Waals surface area contributed by atoms with Crippen LogP contribution in [0.4, 0.5) is 0 Å². The molecule has 0 aliphatic carbocycles. The molecule has 0 aliphatic heterocycles. The fourth-order valence-electron chi connectivity index (χ4n) is 1.65. The highest BCUT2D eigenvalue weighted by atomic mass is 15.6. The van der Waals surface area contributed by atoms with Crippen LogP contribution < -0.4 is 0 Å². The van der Waals surface area contributed by atoms with Gasteiger partial charge >= 0.3 is 0 Å². The molecule has 0 aromatic rings. The van der Waals surface area contributed by atoms with Crippen LogP contribution in [0.5, 0.6) is 0 Å². The van der Waals surface area contributed by atoms with Crippen molar-refractivity contribution in [1.29, 1.82) is 0 Å². The molecule has 2 nitrogen and oxygen atoms in total. The quantitative estimate of drug-likeness (QED) is 0.489. The van der Waals surface area contributed by atoms with Gasteiger partial charge in [0, 0.05) is 26.7 Å². The Balaban J connectivity index is -0.000000119. The maximum atomic E-state index is 2.39. The zero-order valence-corrected chi connectivity index (χ0v) is 16.6. The summed E-state index contributed by atoms with van der Waals surface area (Å²) >= 11 is 0.